The van der Waals surface area contributed by atoms with Gasteiger partial charge in [0, 0.05) is 13.0 Å². The molecule has 0 spiro atoms. The van der Waals surface area contributed by atoms with Gasteiger partial charge in [-0.15, -0.1) is 0 Å². The first kappa shape index (κ1) is 20.5. The molecular weight excluding hydrogens is 258 g/mol. The van der Waals surface area contributed by atoms with Crippen LogP contribution in [0.2, 0.25) is 0 Å². The molecule has 126 valence electrons. The number of hydrogen-bond acceptors (Lipinski definition) is 1. The largest absolute Gasteiger partial charge is 0.356 e. The normalized spacial score (nSPS) is 11.6. The van der Waals surface area contributed by atoms with Crippen LogP contribution in [0, 0.1) is 5.41 Å². The summed E-state index contributed by atoms with van der Waals surface area (Å²) in [5.74, 6) is 0.240. The number of rotatable bonds is 14. The van der Waals surface area contributed by atoms with Gasteiger partial charge in [-0.3, -0.25) is 4.79 Å². The van der Waals surface area contributed by atoms with E-state index in [1.165, 1.54) is 57.8 Å². The molecule has 0 aromatic heterocycles. The molecule has 2 heteroatoms. The van der Waals surface area contributed by atoms with Crippen molar-refractivity contribution in [1.82, 2.24) is 5.32 Å². The van der Waals surface area contributed by atoms with Crippen LogP contribution in [0.25, 0.3) is 0 Å². The van der Waals surface area contributed by atoms with Crippen molar-refractivity contribution >= 4 is 5.91 Å². The number of carbonyl (C=O) groups is 1. The predicted molar refractivity (Wildman–Crippen MR) is 93.5 cm³/mol. The van der Waals surface area contributed by atoms with Crippen molar-refractivity contribution in [1.29, 1.82) is 0 Å². The average molecular weight is 298 g/mol. The molecule has 0 aromatic carbocycles. The summed E-state index contributed by atoms with van der Waals surface area (Å²) in [6, 6.07) is 0. The minimum atomic E-state index is 0.152. The van der Waals surface area contributed by atoms with Crippen LogP contribution in [0.15, 0.2) is 0 Å². The summed E-state index contributed by atoms with van der Waals surface area (Å²) in [4.78, 5) is 12.0. The zero-order chi connectivity index (χ0) is 16.0. The van der Waals surface area contributed by atoms with Crippen LogP contribution in [0.1, 0.15) is 105 Å². The molecule has 2 nitrogen and oxygen atoms in total. The maximum atomic E-state index is 12.0. The Morgan fingerprint density at radius 3 is 1.95 bits per heavy atom. The Balaban J connectivity index is 3.57. The molecular formula is C19H39NO. The first-order valence-electron chi connectivity index (χ1n) is 9.28. The van der Waals surface area contributed by atoms with Gasteiger partial charge in [0.2, 0.25) is 5.91 Å². The lowest BCUT2D eigenvalue weighted by Gasteiger charge is -2.24. The quantitative estimate of drug-likeness (QED) is 0.400. The van der Waals surface area contributed by atoms with Crippen LogP contribution in [-0.2, 0) is 4.79 Å². The number of amides is 1. The van der Waals surface area contributed by atoms with Gasteiger partial charge >= 0.3 is 0 Å². The molecule has 0 aromatic rings. The monoisotopic (exact) mass is 297 g/mol. The number of nitrogens with one attached hydrogen (secondary N) is 1. The van der Waals surface area contributed by atoms with Crippen molar-refractivity contribution in [2.45, 2.75) is 105 Å². The molecule has 0 aliphatic carbocycles. The number of hydrogen-bond donors (Lipinski definition) is 1. The van der Waals surface area contributed by atoms with E-state index < -0.39 is 0 Å². The van der Waals surface area contributed by atoms with Crippen LogP contribution in [0.5, 0.6) is 0 Å². The summed E-state index contributed by atoms with van der Waals surface area (Å²) in [5, 5.41) is 3.09. The van der Waals surface area contributed by atoms with E-state index in [1.807, 2.05) is 0 Å². The third-order valence-electron chi connectivity index (χ3n) is 4.20. The predicted octanol–water partition coefficient (Wildman–Crippen LogP) is 5.85. The van der Waals surface area contributed by atoms with Gasteiger partial charge in [-0.1, -0.05) is 85.5 Å². The zero-order valence-electron chi connectivity index (χ0n) is 15.1. The van der Waals surface area contributed by atoms with E-state index in [2.05, 4.69) is 33.0 Å². The van der Waals surface area contributed by atoms with E-state index in [0.717, 1.165) is 19.4 Å². The van der Waals surface area contributed by atoms with Crippen molar-refractivity contribution < 1.29 is 4.79 Å². The van der Waals surface area contributed by atoms with Gasteiger partial charge in [0.15, 0.2) is 0 Å². The summed E-state index contributed by atoms with van der Waals surface area (Å²) >= 11 is 0. The Morgan fingerprint density at radius 2 is 1.33 bits per heavy atom. The highest BCUT2D eigenvalue weighted by atomic mass is 16.1. The summed E-state index contributed by atoms with van der Waals surface area (Å²) in [6.45, 7) is 9.79. The SMILES string of the molecule is CCCCCCCCNC(=O)CC(C)(C)CCCCCC. The minimum Gasteiger partial charge on any atom is -0.356 e. The van der Waals surface area contributed by atoms with Crippen molar-refractivity contribution in [3.63, 3.8) is 0 Å². The summed E-state index contributed by atoms with van der Waals surface area (Å²) < 4.78 is 0. The molecule has 0 heterocycles. The zero-order valence-corrected chi connectivity index (χ0v) is 15.1. The Morgan fingerprint density at radius 1 is 0.810 bits per heavy atom. The highest BCUT2D eigenvalue weighted by Crippen LogP contribution is 2.27. The molecule has 0 bridgehead atoms. The molecule has 0 atom stereocenters. The van der Waals surface area contributed by atoms with E-state index in [9.17, 15) is 4.79 Å². The molecule has 0 saturated carbocycles. The number of unbranched alkanes of at least 4 members (excludes halogenated alkanes) is 8. The molecule has 0 radical (unpaired) electrons. The van der Waals surface area contributed by atoms with Crippen molar-refractivity contribution in [2.24, 2.45) is 5.41 Å². The molecule has 0 unspecified atom stereocenters. The maximum absolute atomic E-state index is 12.0. The second-order valence-corrected chi connectivity index (χ2v) is 7.27. The highest BCUT2D eigenvalue weighted by Gasteiger charge is 2.21. The van der Waals surface area contributed by atoms with Crippen LogP contribution in [0.3, 0.4) is 0 Å². The molecule has 0 aliphatic heterocycles. The molecule has 0 rings (SSSR count). The Hall–Kier alpha value is -0.530. The molecule has 0 saturated heterocycles. The Bertz CT molecular complexity index is 248. The first-order valence-corrected chi connectivity index (χ1v) is 9.28. The smallest absolute Gasteiger partial charge is 0.220 e. The minimum absolute atomic E-state index is 0.152. The first-order chi connectivity index (χ1) is 10.0. The molecule has 1 N–H and O–H groups in total. The van der Waals surface area contributed by atoms with Crippen LogP contribution < -0.4 is 5.32 Å². The average Bonchev–Trinajstić information content (AvgIpc) is 2.42. The van der Waals surface area contributed by atoms with Gasteiger partial charge in [-0.05, 0) is 18.3 Å². The standard InChI is InChI=1S/C19H39NO/c1-5-7-9-11-12-14-16-20-18(21)17-19(3,4)15-13-10-8-6-2/h5-17H2,1-4H3,(H,20,21). The lowest BCUT2D eigenvalue weighted by Crippen LogP contribution is -2.29. The van der Waals surface area contributed by atoms with Crippen molar-refractivity contribution in [3.8, 4) is 0 Å². The second kappa shape index (κ2) is 13.2. The van der Waals surface area contributed by atoms with E-state index in [1.54, 1.807) is 0 Å². The molecule has 0 fully saturated rings. The summed E-state index contributed by atoms with van der Waals surface area (Å²) in [6.07, 6.45) is 14.7. The van der Waals surface area contributed by atoms with E-state index >= 15 is 0 Å². The van der Waals surface area contributed by atoms with Gasteiger partial charge in [-0.2, -0.15) is 0 Å². The third kappa shape index (κ3) is 14.2. The molecule has 1 amide bonds. The van der Waals surface area contributed by atoms with E-state index in [0.29, 0.717) is 6.42 Å². The van der Waals surface area contributed by atoms with Crippen molar-refractivity contribution in [3.05, 3.63) is 0 Å². The van der Waals surface area contributed by atoms with Crippen LogP contribution in [-0.4, -0.2) is 12.5 Å². The fourth-order valence-electron chi connectivity index (χ4n) is 2.75. The van der Waals surface area contributed by atoms with Gasteiger partial charge in [0.05, 0.1) is 0 Å². The number of carbonyl (C=O) groups excluding carboxylic acids is 1. The van der Waals surface area contributed by atoms with Gasteiger partial charge in [-0.25, -0.2) is 0 Å². The van der Waals surface area contributed by atoms with E-state index in [4.69, 9.17) is 0 Å². The van der Waals surface area contributed by atoms with Gasteiger partial charge < -0.3 is 5.32 Å². The maximum Gasteiger partial charge on any atom is 0.220 e. The highest BCUT2D eigenvalue weighted by molar-refractivity contribution is 5.76. The van der Waals surface area contributed by atoms with Crippen molar-refractivity contribution in [2.75, 3.05) is 6.54 Å². The molecule has 0 aliphatic rings. The Kier molecular flexibility index (Phi) is 12.8. The third-order valence-corrected chi connectivity index (χ3v) is 4.20. The van der Waals surface area contributed by atoms with E-state index in [-0.39, 0.29) is 11.3 Å². The van der Waals surface area contributed by atoms with Gasteiger partial charge in [0.1, 0.15) is 0 Å². The Labute approximate surface area is 133 Å². The fraction of sp³-hybridized carbons (Fsp3) is 0.947. The lowest BCUT2D eigenvalue weighted by atomic mass is 9.83. The lowest BCUT2D eigenvalue weighted by molar-refractivity contribution is -0.123. The summed E-state index contributed by atoms with van der Waals surface area (Å²) in [5.41, 5.74) is 0.152. The second-order valence-electron chi connectivity index (χ2n) is 7.27. The summed E-state index contributed by atoms with van der Waals surface area (Å²) in [7, 11) is 0. The fourth-order valence-corrected chi connectivity index (χ4v) is 2.75. The molecule has 21 heavy (non-hydrogen) atoms. The van der Waals surface area contributed by atoms with Gasteiger partial charge in [0.25, 0.3) is 0 Å². The van der Waals surface area contributed by atoms with Crippen LogP contribution in [0.4, 0.5) is 0 Å². The topological polar surface area (TPSA) is 29.1 Å². The van der Waals surface area contributed by atoms with Crippen LogP contribution >= 0.6 is 0 Å².